The summed E-state index contributed by atoms with van der Waals surface area (Å²) in [6, 6.07) is 9.83. The zero-order chi connectivity index (χ0) is 15.1. The van der Waals surface area contributed by atoms with E-state index in [1.165, 1.54) is 0 Å². The molecule has 1 aromatic rings. The molecule has 1 aromatic carbocycles. The molecule has 0 radical (unpaired) electrons. The lowest BCUT2D eigenvalue weighted by Crippen LogP contribution is -2.43. The van der Waals surface area contributed by atoms with Crippen LogP contribution in [0.4, 0.5) is 0 Å². The molecule has 1 saturated heterocycles. The molecule has 0 bridgehead atoms. The van der Waals surface area contributed by atoms with Gasteiger partial charge in [-0.15, -0.1) is 12.4 Å². The maximum atomic E-state index is 12.6. The molecule has 1 aliphatic heterocycles. The van der Waals surface area contributed by atoms with Gasteiger partial charge in [-0.05, 0) is 24.9 Å². The minimum Gasteiger partial charge on any atom is -0.370 e. The van der Waals surface area contributed by atoms with Gasteiger partial charge < -0.3 is 16.0 Å². The molecule has 22 heavy (non-hydrogen) atoms. The predicted octanol–water partition coefficient (Wildman–Crippen LogP) is 1.31. The van der Waals surface area contributed by atoms with E-state index in [1.807, 2.05) is 30.3 Å². The van der Waals surface area contributed by atoms with Crippen molar-refractivity contribution in [2.24, 2.45) is 11.7 Å². The Morgan fingerprint density at radius 1 is 1.27 bits per heavy atom. The summed E-state index contributed by atoms with van der Waals surface area (Å²) in [7, 11) is 0. The second kappa shape index (κ2) is 9.43. The lowest BCUT2D eigenvalue weighted by molar-refractivity contribution is -0.137. The van der Waals surface area contributed by atoms with E-state index in [0.29, 0.717) is 13.1 Å². The maximum absolute atomic E-state index is 12.6. The van der Waals surface area contributed by atoms with Gasteiger partial charge in [0.05, 0.1) is 5.92 Å². The number of amides is 2. The minimum atomic E-state index is -0.373. The van der Waals surface area contributed by atoms with Crippen LogP contribution in [-0.4, -0.2) is 36.3 Å². The summed E-state index contributed by atoms with van der Waals surface area (Å²) >= 11 is 0. The second-order valence-corrected chi connectivity index (χ2v) is 5.50. The highest BCUT2D eigenvalue weighted by molar-refractivity contribution is 5.85. The van der Waals surface area contributed by atoms with Crippen LogP contribution in [0, 0.1) is 5.92 Å². The van der Waals surface area contributed by atoms with Gasteiger partial charge in [-0.25, -0.2) is 0 Å². The standard InChI is InChI=1S/C16H23N3O2.ClH/c17-15(20)8-10-19(12-13-5-2-1-3-6-13)16(21)14-7-4-9-18-11-14;/h1-3,5-6,14,18H,4,7-12H2,(H2,17,20);1H/t14-;/m1./s1. The molecule has 1 atom stereocenters. The van der Waals surface area contributed by atoms with E-state index in [1.54, 1.807) is 4.90 Å². The predicted molar refractivity (Wildman–Crippen MR) is 88.5 cm³/mol. The van der Waals surface area contributed by atoms with E-state index >= 15 is 0 Å². The van der Waals surface area contributed by atoms with Gasteiger partial charge in [0.2, 0.25) is 11.8 Å². The topological polar surface area (TPSA) is 75.4 Å². The number of nitrogens with zero attached hydrogens (tertiary/aromatic N) is 1. The number of rotatable bonds is 6. The number of hydrogen-bond donors (Lipinski definition) is 2. The van der Waals surface area contributed by atoms with Crippen molar-refractivity contribution in [1.29, 1.82) is 0 Å². The molecule has 0 saturated carbocycles. The molecule has 3 N–H and O–H groups in total. The monoisotopic (exact) mass is 325 g/mol. The molecule has 2 rings (SSSR count). The van der Waals surface area contributed by atoms with Gasteiger partial charge in [0, 0.05) is 26.1 Å². The number of carbonyl (C=O) groups is 2. The molecule has 0 unspecified atom stereocenters. The Hall–Kier alpha value is -1.59. The summed E-state index contributed by atoms with van der Waals surface area (Å²) in [6.07, 6.45) is 2.14. The average molecular weight is 326 g/mol. The molecule has 0 aliphatic carbocycles. The zero-order valence-corrected chi connectivity index (χ0v) is 13.5. The van der Waals surface area contributed by atoms with Gasteiger partial charge in [-0.3, -0.25) is 9.59 Å². The van der Waals surface area contributed by atoms with Crippen LogP contribution in [0.5, 0.6) is 0 Å². The summed E-state index contributed by atoms with van der Waals surface area (Å²) in [5, 5.41) is 3.26. The van der Waals surface area contributed by atoms with Gasteiger partial charge in [-0.1, -0.05) is 30.3 Å². The molecule has 122 valence electrons. The normalized spacial score (nSPS) is 17.4. The molecule has 2 amide bonds. The van der Waals surface area contributed by atoms with Gasteiger partial charge in [0.25, 0.3) is 0 Å². The van der Waals surface area contributed by atoms with E-state index in [9.17, 15) is 9.59 Å². The van der Waals surface area contributed by atoms with E-state index < -0.39 is 0 Å². The molecule has 1 fully saturated rings. The van der Waals surface area contributed by atoms with Crippen LogP contribution in [-0.2, 0) is 16.1 Å². The van der Waals surface area contributed by atoms with Crippen LogP contribution in [0.25, 0.3) is 0 Å². The molecule has 5 nitrogen and oxygen atoms in total. The van der Waals surface area contributed by atoms with Crippen LogP contribution in [0.15, 0.2) is 30.3 Å². The lowest BCUT2D eigenvalue weighted by atomic mass is 9.97. The first-order valence-electron chi connectivity index (χ1n) is 7.48. The fraction of sp³-hybridized carbons (Fsp3) is 0.500. The van der Waals surface area contributed by atoms with Crippen molar-refractivity contribution in [1.82, 2.24) is 10.2 Å². The highest BCUT2D eigenvalue weighted by Crippen LogP contribution is 2.16. The number of nitrogens with one attached hydrogen (secondary N) is 1. The zero-order valence-electron chi connectivity index (χ0n) is 12.7. The largest absolute Gasteiger partial charge is 0.370 e. The van der Waals surface area contributed by atoms with E-state index in [4.69, 9.17) is 5.73 Å². The summed E-state index contributed by atoms with van der Waals surface area (Å²) in [5.74, 6) is -0.245. The SMILES string of the molecule is Cl.NC(=O)CCN(Cc1ccccc1)C(=O)[C@@H]1CCCNC1. The Balaban J connectivity index is 0.00000242. The quantitative estimate of drug-likeness (QED) is 0.828. The Bertz CT molecular complexity index is 476. The van der Waals surface area contributed by atoms with Gasteiger partial charge in [0.15, 0.2) is 0 Å². The van der Waals surface area contributed by atoms with Crippen molar-refractivity contribution in [2.45, 2.75) is 25.8 Å². The van der Waals surface area contributed by atoms with Crippen LogP contribution in [0.1, 0.15) is 24.8 Å². The Morgan fingerprint density at radius 3 is 2.59 bits per heavy atom. The summed E-state index contributed by atoms with van der Waals surface area (Å²) in [6.45, 7) is 2.62. The van der Waals surface area contributed by atoms with Crippen LogP contribution in [0.3, 0.4) is 0 Å². The number of piperidine rings is 1. The second-order valence-electron chi connectivity index (χ2n) is 5.50. The first kappa shape index (κ1) is 18.5. The minimum absolute atomic E-state index is 0. The van der Waals surface area contributed by atoms with Gasteiger partial charge >= 0.3 is 0 Å². The van der Waals surface area contributed by atoms with Crippen molar-refractivity contribution in [3.05, 3.63) is 35.9 Å². The number of primary amides is 1. The van der Waals surface area contributed by atoms with Crippen molar-refractivity contribution in [3.8, 4) is 0 Å². The molecular weight excluding hydrogens is 302 g/mol. The van der Waals surface area contributed by atoms with Crippen LogP contribution in [0.2, 0.25) is 0 Å². The van der Waals surface area contributed by atoms with E-state index in [-0.39, 0.29) is 36.6 Å². The van der Waals surface area contributed by atoms with Gasteiger partial charge in [0.1, 0.15) is 0 Å². The molecular formula is C16H24ClN3O2. The molecule has 6 heteroatoms. The number of nitrogens with two attached hydrogens (primary N) is 1. The van der Waals surface area contributed by atoms with Crippen LogP contribution < -0.4 is 11.1 Å². The van der Waals surface area contributed by atoms with Crippen molar-refractivity contribution >= 4 is 24.2 Å². The third-order valence-electron chi connectivity index (χ3n) is 3.80. The fourth-order valence-electron chi connectivity index (χ4n) is 2.64. The van der Waals surface area contributed by atoms with Crippen molar-refractivity contribution in [3.63, 3.8) is 0 Å². The number of carbonyl (C=O) groups excluding carboxylic acids is 2. The van der Waals surface area contributed by atoms with Gasteiger partial charge in [-0.2, -0.15) is 0 Å². The maximum Gasteiger partial charge on any atom is 0.227 e. The molecule has 1 aliphatic rings. The lowest BCUT2D eigenvalue weighted by Gasteiger charge is -2.29. The number of hydrogen-bond acceptors (Lipinski definition) is 3. The number of halogens is 1. The summed E-state index contributed by atoms with van der Waals surface area (Å²) < 4.78 is 0. The Kier molecular flexibility index (Phi) is 7.91. The highest BCUT2D eigenvalue weighted by Gasteiger charge is 2.26. The summed E-state index contributed by atoms with van der Waals surface area (Å²) in [4.78, 5) is 25.4. The first-order chi connectivity index (χ1) is 10.2. The molecule has 0 spiro atoms. The van der Waals surface area contributed by atoms with Crippen molar-refractivity contribution < 1.29 is 9.59 Å². The third-order valence-corrected chi connectivity index (χ3v) is 3.80. The van der Waals surface area contributed by atoms with E-state index in [0.717, 1.165) is 31.5 Å². The Labute approximate surface area is 137 Å². The van der Waals surface area contributed by atoms with E-state index in [2.05, 4.69) is 5.32 Å². The fourth-order valence-corrected chi connectivity index (χ4v) is 2.64. The first-order valence-corrected chi connectivity index (χ1v) is 7.48. The van der Waals surface area contributed by atoms with Crippen molar-refractivity contribution in [2.75, 3.05) is 19.6 Å². The highest BCUT2D eigenvalue weighted by atomic mass is 35.5. The third kappa shape index (κ3) is 5.66. The number of benzene rings is 1. The smallest absolute Gasteiger partial charge is 0.227 e. The average Bonchev–Trinajstić information content (AvgIpc) is 2.52. The molecule has 0 aromatic heterocycles. The Morgan fingerprint density at radius 2 is 2.00 bits per heavy atom. The van der Waals surface area contributed by atoms with Crippen LogP contribution >= 0.6 is 12.4 Å². The summed E-state index contributed by atoms with van der Waals surface area (Å²) in [5.41, 5.74) is 6.29. The molecule has 1 heterocycles.